The molecule has 2 N–H and O–H groups in total. The maximum atomic E-state index is 12.8. The van der Waals surface area contributed by atoms with Crippen LogP contribution in [0.5, 0.6) is 0 Å². The summed E-state index contributed by atoms with van der Waals surface area (Å²) in [6.45, 7) is 1.26. The van der Waals surface area contributed by atoms with Crippen LogP contribution in [0.3, 0.4) is 0 Å². The molecule has 5 heteroatoms. The first-order valence-electron chi connectivity index (χ1n) is 8.05. The number of rotatable bonds is 6. The van der Waals surface area contributed by atoms with Crippen molar-refractivity contribution in [3.05, 3.63) is 71.3 Å². The average Bonchev–Trinajstić information content (AvgIpc) is 3.45. The van der Waals surface area contributed by atoms with Crippen LogP contribution in [0.4, 0.5) is 0 Å². The third kappa shape index (κ3) is 4.00. The van der Waals surface area contributed by atoms with Crippen molar-refractivity contribution in [2.75, 3.05) is 6.54 Å². The lowest BCUT2D eigenvalue weighted by atomic mass is 10.1. The van der Waals surface area contributed by atoms with Crippen LogP contribution in [0, 0.1) is 5.92 Å². The van der Waals surface area contributed by atoms with Crippen LogP contribution in [-0.2, 0) is 6.54 Å². The first-order chi connectivity index (χ1) is 11.7. The van der Waals surface area contributed by atoms with E-state index in [0.717, 1.165) is 12.1 Å². The molecule has 5 nitrogen and oxygen atoms in total. The lowest BCUT2D eigenvalue weighted by Gasteiger charge is -2.23. The number of carbonyl (C=O) groups is 2. The number of carbonyl (C=O) groups excluding carboxylic acids is 2. The summed E-state index contributed by atoms with van der Waals surface area (Å²) < 4.78 is 0. The summed E-state index contributed by atoms with van der Waals surface area (Å²) in [6.07, 6.45) is 2.35. The van der Waals surface area contributed by atoms with Gasteiger partial charge in [0, 0.05) is 24.2 Å². The smallest absolute Gasteiger partial charge is 0.274 e. The second-order valence-corrected chi connectivity index (χ2v) is 6.13. The Morgan fingerprint density at radius 1 is 1.00 bits per heavy atom. The predicted octanol–water partition coefficient (Wildman–Crippen LogP) is 2.86. The molecule has 0 saturated heterocycles. The fraction of sp³-hybridized carbons (Fsp3) is 0.263. The van der Waals surface area contributed by atoms with E-state index in [4.69, 9.17) is 5.21 Å². The lowest BCUT2D eigenvalue weighted by molar-refractivity contribution is 0.0704. The van der Waals surface area contributed by atoms with Gasteiger partial charge < -0.3 is 4.90 Å². The predicted molar refractivity (Wildman–Crippen MR) is 89.6 cm³/mol. The summed E-state index contributed by atoms with van der Waals surface area (Å²) in [5.41, 5.74) is 3.63. The molecule has 0 spiro atoms. The van der Waals surface area contributed by atoms with E-state index in [0.29, 0.717) is 23.6 Å². The zero-order chi connectivity index (χ0) is 16.9. The number of hydrogen-bond donors (Lipinski definition) is 2. The molecular weight excluding hydrogens is 304 g/mol. The molecule has 0 aliphatic heterocycles. The molecule has 3 rings (SSSR count). The van der Waals surface area contributed by atoms with Gasteiger partial charge in [-0.25, -0.2) is 5.48 Å². The largest absolute Gasteiger partial charge is 0.334 e. The van der Waals surface area contributed by atoms with E-state index in [1.165, 1.54) is 12.8 Å². The first kappa shape index (κ1) is 16.2. The van der Waals surface area contributed by atoms with Gasteiger partial charge in [-0.1, -0.05) is 30.3 Å². The Kier molecular flexibility index (Phi) is 4.91. The van der Waals surface area contributed by atoms with Crippen LogP contribution < -0.4 is 5.48 Å². The SMILES string of the molecule is O=C(NO)c1ccc(CN(CC2CC2)C(=O)c2ccccc2)cc1. The third-order valence-electron chi connectivity index (χ3n) is 4.17. The van der Waals surface area contributed by atoms with Gasteiger partial charge in [0.05, 0.1) is 0 Å². The highest BCUT2D eigenvalue weighted by molar-refractivity contribution is 5.94. The summed E-state index contributed by atoms with van der Waals surface area (Å²) in [5, 5.41) is 8.66. The summed E-state index contributed by atoms with van der Waals surface area (Å²) >= 11 is 0. The molecule has 124 valence electrons. The Morgan fingerprint density at radius 2 is 1.67 bits per heavy atom. The van der Waals surface area contributed by atoms with E-state index >= 15 is 0 Å². The minimum absolute atomic E-state index is 0.0275. The Morgan fingerprint density at radius 3 is 2.25 bits per heavy atom. The maximum absolute atomic E-state index is 12.8. The minimum atomic E-state index is -0.545. The molecule has 0 unspecified atom stereocenters. The van der Waals surface area contributed by atoms with Crippen molar-refractivity contribution < 1.29 is 14.8 Å². The van der Waals surface area contributed by atoms with Gasteiger partial charge in [0.2, 0.25) is 0 Å². The number of amides is 2. The van der Waals surface area contributed by atoms with Crippen molar-refractivity contribution in [2.45, 2.75) is 19.4 Å². The van der Waals surface area contributed by atoms with Gasteiger partial charge in [0.1, 0.15) is 0 Å². The minimum Gasteiger partial charge on any atom is -0.334 e. The van der Waals surface area contributed by atoms with Gasteiger partial charge >= 0.3 is 0 Å². The molecular formula is C19H20N2O3. The first-order valence-corrected chi connectivity index (χ1v) is 8.05. The van der Waals surface area contributed by atoms with Gasteiger partial charge in [0.25, 0.3) is 11.8 Å². The normalized spacial score (nSPS) is 13.4. The van der Waals surface area contributed by atoms with Crippen molar-refractivity contribution in [3.63, 3.8) is 0 Å². The Balaban J connectivity index is 1.74. The molecule has 1 saturated carbocycles. The average molecular weight is 324 g/mol. The highest BCUT2D eigenvalue weighted by Crippen LogP contribution is 2.30. The highest BCUT2D eigenvalue weighted by Gasteiger charge is 2.27. The molecule has 1 fully saturated rings. The summed E-state index contributed by atoms with van der Waals surface area (Å²) in [7, 11) is 0. The molecule has 0 bridgehead atoms. The van der Waals surface area contributed by atoms with Gasteiger partial charge in [-0.15, -0.1) is 0 Å². The van der Waals surface area contributed by atoms with Crippen LogP contribution in [0.1, 0.15) is 39.1 Å². The van der Waals surface area contributed by atoms with E-state index in [9.17, 15) is 9.59 Å². The van der Waals surface area contributed by atoms with Crippen LogP contribution in [0.2, 0.25) is 0 Å². The fourth-order valence-electron chi connectivity index (χ4n) is 2.64. The molecule has 0 atom stereocenters. The molecule has 2 aromatic rings. The van der Waals surface area contributed by atoms with E-state index in [1.54, 1.807) is 17.6 Å². The van der Waals surface area contributed by atoms with E-state index < -0.39 is 5.91 Å². The van der Waals surface area contributed by atoms with Crippen LogP contribution in [-0.4, -0.2) is 28.5 Å². The molecule has 0 heterocycles. The third-order valence-corrected chi connectivity index (χ3v) is 4.17. The van der Waals surface area contributed by atoms with Crippen molar-refractivity contribution in [1.29, 1.82) is 0 Å². The standard InChI is InChI=1S/C19H20N2O3/c22-18(20-24)16-10-8-15(9-11-16)13-21(12-14-6-7-14)19(23)17-4-2-1-3-5-17/h1-5,8-11,14,24H,6-7,12-13H2,(H,20,22). The summed E-state index contributed by atoms with van der Waals surface area (Å²) in [6, 6.07) is 16.2. The van der Waals surface area contributed by atoms with Crippen LogP contribution in [0.15, 0.2) is 54.6 Å². The Labute approximate surface area is 140 Å². The number of nitrogens with zero attached hydrogens (tertiary/aromatic N) is 1. The monoisotopic (exact) mass is 324 g/mol. The van der Waals surface area contributed by atoms with Crippen LogP contribution in [0.25, 0.3) is 0 Å². The number of hydrogen-bond acceptors (Lipinski definition) is 3. The zero-order valence-corrected chi connectivity index (χ0v) is 13.3. The second-order valence-electron chi connectivity index (χ2n) is 6.13. The van der Waals surface area contributed by atoms with Crippen molar-refractivity contribution in [1.82, 2.24) is 10.4 Å². The Hall–Kier alpha value is -2.66. The lowest BCUT2D eigenvalue weighted by Crippen LogP contribution is -2.32. The topological polar surface area (TPSA) is 69.6 Å². The maximum Gasteiger partial charge on any atom is 0.274 e. The number of hydroxylamine groups is 1. The van der Waals surface area contributed by atoms with E-state index in [2.05, 4.69) is 0 Å². The quantitative estimate of drug-likeness (QED) is 0.634. The molecule has 1 aliphatic carbocycles. The summed E-state index contributed by atoms with van der Waals surface area (Å²) in [4.78, 5) is 26.0. The molecule has 1 aliphatic rings. The fourth-order valence-corrected chi connectivity index (χ4v) is 2.64. The highest BCUT2D eigenvalue weighted by atomic mass is 16.5. The van der Waals surface area contributed by atoms with Crippen LogP contribution >= 0.6 is 0 Å². The molecule has 24 heavy (non-hydrogen) atoms. The number of nitrogens with one attached hydrogen (secondary N) is 1. The molecule has 0 radical (unpaired) electrons. The van der Waals surface area contributed by atoms with Gasteiger partial charge in [0.15, 0.2) is 0 Å². The summed E-state index contributed by atoms with van der Waals surface area (Å²) in [5.74, 6) is 0.0773. The molecule has 2 amide bonds. The Bertz CT molecular complexity index is 709. The van der Waals surface area contributed by atoms with Gasteiger partial charge in [-0.2, -0.15) is 0 Å². The van der Waals surface area contributed by atoms with Gasteiger partial charge in [-0.05, 0) is 48.6 Å². The van der Waals surface area contributed by atoms with E-state index in [1.807, 2.05) is 47.4 Å². The number of benzene rings is 2. The van der Waals surface area contributed by atoms with Crippen molar-refractivity contribution in [2.24, 2.45) is 5.92 Å². The van der Waals surface area contributed by atoms with Gasteiger partial charge in [-0.3, -0.25) is 14.8 Å². The molecule has 2 aromatic carbocycles. The zero-order valence-electron chi connectivity index (χ0n) is 13.3. The van der Waals surface area contributed by atoms with Crippen molar-refractivity contribution >= 4 is 11.8 Å². The van der Waals surface area contributed by atoms with E-state index in [-0.39, 0.29) is 5.91 Å². The second kappa shape index (κ2) is 7.27. The molecule has 0 aromatic heterocycles. The van der Waals surface area contributed by atoms with Crippen molar-refractivity contribution in [3.8, 4) is 0 Å².